The lowest BCUT2D eigenvalue weighted by Crippen LogP contribution is -2.39. The molecule has 0 radical (unpaired) electrons. The van der Waals surface area contributed by atoms with Crippen molar-refractivity contribution in [2.45, 2.75) is 32.8 Å². The van der Waals surface area contributed by atoms with Crippen molar-refractivity contribution in [3.63, 3.8) is 0 Å². The predicted octanol–water partition coefficient (Wildman–Crippen LogP) is 1.51. The minimum Gasteiger partial charge on any atom is -0.444 e. The molecule has 0 saturated heterocycles. The number of rotatable bonds is 1. The third kappa shape index (κ3) is 3.91. The van der Waals surface area contributed by atoms with E-state index in [1.807, 2.05) is 26.8 Å². The van der Waals surface area contributed by atoms with E-state index >= 15 is 0 Å². The molecule has 15 heavy (non-hydrogen) atoms. The van der Waals surface area contributed by atoms with E-state index in [0.29, 0.717) is 19.6 Å². The maximum Gasteiger partial charge on any atom is 0.410 e. The average molecular weight is 212 g/mol. The van der Waals surface area contributed by atoms with Gasteiger partial charge in [0.25, 0.3) is 0 Å². The summed E-state index contributed by atoms with van der Waals surface area (Å²) < 4.78 is 5.27. The predicted molar refractivity (Wildman–Crippen MR) is 59.6 cm³/mol. The summed E-state index contributed by atoms with van der Waals surface area (Å²) in [7, 11) is 0. The van der Waals surface area contributed by atoms with Gasteiger partial charge in [-0.05, 0) is 27.2 Å². The zero-order valence-corrected chi connectivity index (χ0v) is 9.75. The number of carbonyl (C=O) groups excluding carboxylic acids is 1. The van der Waals surface area contributed by atoms with Crippen LogP contribution in [0.2, 0.25) is 0 Å². The van der Waals surface area contributed by atoms with Gasteiger partial charge in [0.05, 0.1) is 0 Å². The standard InChI is InChI=1S/C11H20N2O2/c1-11(2,3)15-10(14)13-6-4-9(8-12)5-7-13/h4H,5-8,12H2,1-3H3. The molecule has 2 N–H and O–H groups in total. The zero-order chi connectivity index (χ0) is 11.5. The summed E-state index contributed by atoms with van der Waals surface area (Å²) in [5, 5.41) is 0. The second-order valence-corrected chi connectivity index (χ2v) is 4.74. The molecule has 0 atom stereocenters. The highest BCUT2D eigenvalue weighted by atomic mass is 16.6. The second kappa shape index (κ2) is 4.66. The summed E-state index contributed by atoms with van der Waals surface area (Å²) in [6.45, 7) is 7.52. The van der Waals surface area contributed by atoms with Crippen molar-refractivity contribution in [2.24, 2.45) is 5.73 Å². The smallest absolute Gasteiger partial charge is 0.410 e. The molecule has 86 valence electrons. The first-order chi connectivity index (χ1) is 6.92. The van der Waals surface area contributed by atoms with Gasteiger partial charge in [0.1, 0.15) is 5.60 Å². The molecule has 1 amide bonds. The van der Waals surface area contributed by atoms with E-state index in [1.165, 1.54) is 5.57 Å². The lowest BCUT2D eigenvalue weighted by molar-refractivity contribution is 0.0266. The van der Waals surface area contributed by atoms with Crippen LogP contribution >= 0.6 is 0 Å². The van der Waals surface area contributed by atoms with Gasteiger partial charge in [0.15, 0.2) is 0 Å². The molecule has 0 saturated carbocycles. The summed E-state index contributed by atoms with van der Waals surface area (Å²) in [5.74, 6) is 0. The topological polar surface area (TPSA) is 55.6 Å². The van der Waals surface area contributed by atoms with Gasteiger partial charge in [-0.25, -0.2) is 4.79 Å². The van der Waals surface area contributed by atoms with E-state index in [0.717, 1.165) is 6.42 Å². The Labute approximate surface area is 91.1 Å². The minimum atomic E-state index is -0.422. The largest absolute Gasteiger partial charge is 0.444 e. The average Bonchev–Trinajstić information content (AvgIpc) is 2.15. The molecule has 0 bridgehead atoms. The summed E-state index contributed by atoms with van der Waals surface area (Å²) in [4.78, 5) is 13.4. The number of hydrogen-bond acceptors (Lipinski definition) is 3. The molecular weight excluding hydrogens is 192 g/mol. The van der Waals surface area contributed by atoms with Gasteiger partial charge in [-0.1, -0.05) is 11.6 Å². The number of nitrogens with zero attached hydrogens (tertiary/aromatic N) is 1. The molecule has 0 aromatic carbocycles. The van der Waals surface area contributed by atoms with Crippen molar-refractivity contribution in [1.29, 1.82) is 0 Å². The molecule has 0 fully saturated rings. The van der Waals surface area contributed by atoms with Crippen LogP contribution in [-0.4, -0.2) is 36.2 Å². The molecule has 1 rings (SSSR count). The van der Waals surface area contributed by atoms with E-state index in [4.69, 9.17) is 10.5 Å². The van der Waals surface area contributed by atoms with Crippen LogP contribution in [0.3, 0.4) is 0 Å². The van der Waals surface area contributed by atoms with Crippen LogP contribution in [-0.2, 0) is 4.74 Å². The molecular formula is C11H20N2O2. The lowest BCUT2D eigenvalue weighted by Gasteiger charge is -2.29. The monoisotopic (exact) mass is 212 g/mol. The summed E-state index contributed by atoms with van der Waals surface area (Å²) in [6.07, 6.45) is 2.62. The van der Waals surface area contributed by atoms with Crippen LogP contribution in [0, 0.1) is 0 Å². The van der Waals surface area contributed by atoms with Crippen LogP contribution in [0.1, 0.15) is 27.2 Å². The highest BCUT2D eigenvalue weighted by Gasteiger charge is 2.22. The lowest BCUT2D eigenvalue weighted by atomic mass is 10.1. The van der Waals surface area contributed by atoms with E-state index < -0.39 is 5.60 Å². The maximum atomic E-state index is 11.7. The fourth-order valence-corrected chi connectivity index (χ4v) is 1.39. The third-order valence-corrected chi connectivity index (χ3v) is 2.22. The van der Waals surface area contributed by atoms with E-state index in [2.05, 4.69) is 0 Å². The van der Waals surface area contributed by atoms with Crippen molar-refractivity contribution in [3.05, 3.63) is 11.6 Å². The molecule has 0 spiro atoms. The molecule has 4 nitrogen and oxygen atoms in total. The fourth-order valence-electron chi connectivity index (χ4n) is 1.39. The Morgan fingerprint density at radius 1 is 1.60 bits per heavy atom. The molecule has 1 aliphatic rings. The van der Waals surface area contributed by atoms with Crippen molar-refractivity contribution < 1.29 is 9.53 Å². The van der Waals surface area contributed by atoms with Gasteiger partial charge in [0, 0.05) is 19.6 Å². The first-order valence-corrected chi connectivity index (χ1v) is 5.28. The van der Waals surface area contributed by atoms with Gasteiger partial charge in [-0.15, -0.1) is 0 Å². The maximum absolute atomic E-state index is 11.7. The molecule has 0 aromatic heterocycles. The minimum absolute atomic E-state index is 0.241. The van der Waals surface area contributed by atoms with Crippen LogP contribution < -0.4 is 5.73 Å². The number of ether oxygens (including phenoxy) is 1. The van der Waals surface area contributed by atoms with Gasteiger partial charge < -0.3 is 15.4 Å². The van der Waals surface area contributed by atoms with Crippen LogP contribution in [0.25, 0.3) is 0 Å². The van der Waals surface area contributed by atoms with E-state index in [9.17, 15) is 4.79 Å². The van der Waals surface area contributed by atoms with Gasteiger partial charge in [-0.2, -0.15) is 0 Å². The first-order valence-electron chi connectivity index (χ1n) is 5.28. The quantitative estimate of drug-likeness (QED) is 0.670. The van der Waals surface area contributed by atoms with E-state index in [-0.39, 0.29) is 6.09 Å². The number of carbonyl (C=O) groups is 1. The molecule has 1 aliphatic heterocycles. The van der Waals surface area contributed by atoms with Crippen LogP contribution in [0.4, 0.5) is 4.79 Å². The Morgan fingerprint density at radius 3 is 2.67 bits per heavy atom. The molecule has 4 heteroatoms. The van der Waals surface area contributed by atoms with Gasteiger partial charge >= 0.3 is 6.09 Å². The molecule has 0 aliphatic carbocycles. The Hall–Kier alpha value is -1.03. The van der Waals surface area contributed by atoms with E-state index in [1.54, 1.807) is 4.90 Å². The van der Waals surface area contributed by atoms with Crippen molar-refractivity contribution in [1.82, 2.24) is 4.90 Å². The summed E-state index contributed by atoms with van der Waals surface area (Å²) in [6, 6.07) is 0. The summed E-state index contributed by atoms with van der Waals surface area (Å²) in [5.41, 5.74) is 6.32. The zero-order valence-electron chi connectivity index (χ0n) is 9.75. The number of hydrogen-bond donors (Lipinski definition) is 1. The Bertz CT molecular complexity index is 266. The highest BCUT2D eigenvalue weighted by molar-refractivity contribution is 5.68. The van der Waals surface area contributed by atoms with Gasteiger partial charge in [-0.3, -0.25) is 0 Å². The fraction of sp³-hybridized carbons (Fsp3) is 0.727. The van der Waals surface area contributed by atoms with Crippen LogP contribution in [0.15, 0.2) is 11.6 Å². The number of nitrogens with two attached hydrogens (primary N) is 1. The molecule has 1 heterocycles. The van der Waals surface area contributed by atoms with Crippen LogP contribution in [0.5, 0.6) is 0 Å². The Kier molecular flexibility index (Phi) is 3.74. The second-order valence-electron chi connectivity index (χ2n) is 4.74. The van der Waals surface area contributed by atoms with Crippen molar-refractivity contribution in [2.75, 3.05) is 19.6 Å². The number of amides is 1. The highest BCUT2D eigenvalue weighted by Crippen LogP contribution is 2.14. The molecule has 0 aromatic rings. The normalized spacial score (nSPS) is 17.3. The SMILES string of the molecule is CC(C)(C)OC(=O)N1CC=C(CN)CC1. The van der Waals surface area contributed by atoms with Crippen molar-refractivity contribution >= 4 is 6.09 Å². The Balaban J connectivity index is 2.47. The summed E-state index contributed by atoms with van der Waals surface area (Å²) >= 11 is 0. The first kappa shape index (κ1) is 12.0. The third-order valence-electron chi connectivity index (χ3n) is 2.22. The molecule has 0 unspecified atom stereocenters. The van der Waals surface area contributed by atoms with Gasteiger partial charge in [0.2, 0.25) is 0 Å². The van der Waals surface area contributed by atoms with Crippen molar-refractivity contribution in [3.8, 4) is 0 Å². The Morgan fingerprint density at radius 2 is 2.27 bits per heavy atom.